The highest BCUT2D eigenvalue weighted by molar-refractivity contribution is 5.81. The third-order valence-corrected chi connectivity index (χ3v) is 2.47. The molecule has 0 saturated carbocycles. The van der Waals surface area contributed by atoms with E-state index in [0.717, 1.165) is 19.6 Å². The molecule has 0 spiro atoms. The summed E-state index contributed by atoms with van der Waals surface area (Å²) in [5.74, 6) is 0.563. The molecular weight excluding hydrogens is 202 g/mol. The van der Waals surface area contributed by atoms with Gasteiger partial charge in [-0.1, -0.05) is 20.8 Å². The summed E-state index contributed by atoms with van der Waals surface area (Å²) >= 11 is 0. The van der Waals surface area contributed by atoms with Gasteiger partial charge in [0, 0.05) is 19.6 Å². The highest BCUT2D eigenvalue weighted by atomic mass is 16.2. The molecular formula is C12H27N3O. The lowest BCUT2D eigenvalue weighted by Crippen LogP contribution is -2.47. The molecule has 4 nitrogen and oxygen atoms in total. The van der Waals surface area contributed by atoms with Gasteiger partial charge in [0.05, 0.1) is 6.04 Å². The van der Waals surface area contributed by atoms with Gasteiger partial charge in [-0.3, -0.25) is 4.79 Å². The van der Waals surface area contributed by atoms with Gasteiger partial charge in [0.2, 0.25) is 5.91 Å². The highest BCUT2D eigenvalue weighted by Gasteiger charge is 2.20. The van der Waals surface area contributed by atoms with Crippen LogP contribution in [-0.2, 0) is 4.79 Å². The quantitative estimate of drug-likeness (QED) is 0.701. The van der Waals surface area contributed by atoms with Gasteiger partial charge in [0.25, 0.3) is 0 Å². The first-order chi connectivity index (χ1) is 7.38. The second-order valence-corrected chi connectivity index (χ2v) is 5.00. The molecule has 4 heteroatoms. The normalized spacial score (nSPS) is 13.2. The van der Waals surface area contributed by atoms with Crippen LogP contribution >= 0.6 is 0 Å². The van der Waals surface area contributed by atoms with Crippen molar-refractivity contribution in [2.24, 2.45) is 11.7 Å². The number of carbonyl (C=O) groups is 1. The van der Waals surface area contributed by atoms with Crippen LogP contribution < -0.4 is 5.73 Å². The third-order valence-electron chi connectivity index (χ3n) is 2.47. The Morgan fingerprint density at radius 2 is 1.81 bits per heavy atom. The van der Waals surface area contributed by atoms with Crippen molar-refractivity contribution >= 4 is 5.91 Å². The fourth-order valence-electron chi connectivity index (χ4n) is 1.46. The van der Waals surface area contributed by atoms with Crippen LogP contribution in [0.15, 0.2) is 0 Å². The third kappa shape index (κ3) is 6.08. The molecule has 0 aromatic rings. The van der Waals surface area contributed by atoms with E-state index in [2.05, 4.69) is 18.7 Å². The van der Waals surface area contributed by atoms with Crippen molar-refractivity contribution in [3.63, 3.8) is 0 Å². The summed E-state index contributed by atoms with van der Waals surface area (Å²) in [7, 11) is 4.02. The fraction of sp³-hybridized carbons (Fsp3) is 0.917. The van der Waals surface area contributed by atoms with Crippen LogP contribution in [-0.4, -0.2) is 55.5 Å². The van der Waals surface area contributed by atoms with E-state index in [1.54, 1.807) is 0 Å². The Balaban J connectivity index is 4.34. The maximum absolute atomic E-state index is 12.0. The van der Waals surface area contributed by atoms with E-state index in [9.17, 15) is 4.79 Å². The Morgan fingerprint density at radius 1 is 1.25 bits per heavy atom. The van der Waals surface area contributed by atoms with Crippen molar-refractivity contribution in [2.75, 3.05) is 33.7 Å². The fourth-order valence-corrected chi connectivity index (χ4v) is 1.46. The van der Waals surface area contributed by atoms with E-state index in [4.69, 9.17) is 5.73 Å². The van der Waals surface area contributed by atoms with Crippen LogP contribution in [0.5, 0.6) is 0 Å². The summed E-state index contributed by atoms with van der Waals surface area (Å²) in [5.41, 5.74) is 5.79. The minimum atomic E-state index is -0.346. The second-order valence-electron chi connectivity index (χ2n) is 5.00. The van der Waals surface area contributed by atoms with E-state index in [0.29, 0.717) is 12.3 Å². The van der Waals surface area contributed by atoms with Crippen LogP contribution in [0, 0.1) is 5.92 Å². The number of hydrogen-bond donors (Lipinski definition) is 1. The molecule has 0 aliphatic rings. The lowest BCUT2D eigenvalue weighted by atomic mass is 10.1. The zero-order chi connectivity index (χ0) is 12.7. The maximum atomic E-state index is 12.0. The molecule has 0 radical (unpaired) electrons. The number of hydrogen-bond acceptors (Lipinski definition) is 3. The summed E-state index contributed by atoms with van der Waals surface area (Å²) in [6.07, 6.45) is 0.704. The van der Waals surface area contributed by atoms with Crippen LogP contribution in [0.2, 0.25) is 0 Å². The molecule has 0 heterocycles. The van der Waals surface area contributed by atoms with E-state index < -0.39 is 0 Å². The first-order valence-corrected chi connectivity index (χ1v) is 6.07. The Bertz CT molecular complexity index is 204. The van der Waals surface area contributed by atoms with Crippen molar-refractivity contribution in [3.05, 3.63) is 0 Å². The van der Waals surface area contributed by atoms with E-state index in [1.165, 1.54) is 0 Å². The first-order valence-electron chi connectivity index (χ1n) is 6.07. The molecule has 16 heavy (non-hydrogen) atoms. The van der Waals surface area contributed by atoms with Crippen molar-refractivity contribution in [1.29, 1.82) is 0 Å². The molecule has 0 aromatic heterocycles. The van der Waals surface area contributed by atoms with Gasteiger partial charge >= 0.3 is 0 Å². The van der Waals surface area contributed by atoms with E-state index in [-0.39, 0.29) is 11.9 Å². The van der Waals surface area contributed by atoms with Gasteiger partial charge in [-0.15, -0.1) is 0 Å². The predicted octanol–water partition coefficient (Wildman–Crippen LogP) is 0.770. The summed E-state index contributed by atoms with van der Waals surface area (Å²) in [4.78, 5) is 16.0. The second kappa shape index (κ2) is 7.63. The largest absolute Gasteiger partial charge is 0.340 e. The monoisotopic (exact) mass is 229 g/mol. The number of likely N-dealkylation sites (N-methyl/N-ethyl adjacent to an activating group) is 1. The van der Waals surface area contributed by atoms with Crippen LogP contribution in [0.1, 0.15) is 27.2 Å². The Morgan fingerprint density at radius 3 is 2.19 bits per heavy atom. The van der Waals surface area contributed by atoms with Crippen LogP contribution in [0.3, 0.4) is 0 Å². The van der Waals surface area contributed by atoms with Crippen LogP contribution in [0.25, 0.3) is 0 Å². The Hall–Kier alpha value is -0.610. The highest BCUT2D eigenvalue weighted by Crippen LogP contribution is 2.03. The Labute approximate surface area is 99.8 Å². The molecule has 0 aliphatic heterocycles. The maximum Gasteiger partial charge on any atom is 0.239 e. The topological polar surface area (TPSA) is 49.6 Å². The summed E-state index contributed by atoms with van der Waals surface area (Å²) < 4.78 is 0. The SMILES string of the molecule is CC[C@H](N)C(=O)N(CCN(C)C)CC(C)C. The number of nitrogens with two attached hydrogens (primary N) is 1. The molecule has 0 fully saturated rings. The van der Waals surface area contributed by atoms with Gasteiger partial charge in [-0.05, 0) is 26.4 Å². The molecule has 0 saturated heterocycles. The molecule has 0 unspecified atom stereocenters. The number of amides is 1. The number of carbonyl (C=O) groups excluding carboxylic acids is 1. The smallest absolute Gasteiger partial charge is 0.239 e. The zero-order valence-corrected chi connectivity index (χ0v) is 11.4. The average Bonchev–Trinajstić information content (AvgIpc) is 2.21. The minimum Gasteiger partial charge on any atom is -0.340 e. The van der Waals surface area contributed by atoms with Gasteiger partial charge < -0.3 is 15.5 Å². The predicted molar refractivity (Wildman–Crippen MR) is 68.2 cm³/mol. The minimum absolute atomic E-state index is 0.0815. The first kappa shape index (κ1) is 15.4. The van der Waals surface area contributed by atoms with Crippen LogP contribution in [0.4, 0.5) is 0 Å². The van der Waals surface area contributed by atoms with Crippen molar-refractivity contribution in [2.45, 2.75) is 33.2 Å². The number of rotatable bonds is 7. The van der Waals surface area contributed by atoms with E-state index >= 15 is 0 Å². The summed E-state index contributed by atoms with van der Waals surface area (Å²) in [5, 5.41) is 0. The van der Waals surface area contributed by atoms with Gasteiger partial charge in [0.15, 0.2) is 0 Å². The lowest BCUT2D eigenvalue weighted by molar-refractivity contribution is -0.133. The Kier molecular flexibility index (Phi) is 7.34. The van der Waals surface area contributed by atoms with Crippen molar-refractivity contribution in [3.8, 4) is 0 Å². The molecule has 0 aromatic carbocycles. The van der Waals surface area contributed by atoms with Crippen molar-refractivity contribution in [1.82, 2.24) is 9.80 Å². The summed E-state index contributed by atoms with van der Waals surface area (Å²) in [6, 6.07) is -0.346. The molecule has 2 N–H and O–H groups in total. The molecule has 0 bridgehead atoms. The van der Waals surface area contributed by atoms with Gasteiger partial charge in [0.1, 0.15) is 0 Å². The lowest BCUT2D eigenvalue weighted by Gasteiger charge is -2.28. The average molecular weight is 229 g/mol. The molecule has 96 valence electrons. The van der Waals surface area contributed by atoms with E-state index in [1.807, 2.05) is 25.9 Å². The molecule has 1 amide bonds. The molecule has 1 atom stereocenters. The van der Waals surface area contributed by atoms with Gasteiger partial charge in [-0.25, -0.2) is 0 Å². The summed E-state index contributed by atoms with van der Waals surface area (Å²) in [6.45, 7) is 8.62. The molecule has 0 aliphatic carbocycles. The zero-order valence-electron chi connectivity index (χ0n) is 11.4. The van der Waals surface area contributed by atoms with Gasteiger partial charge in [-0.2, -0.15) is 0 Å². The molecule has 0 rings (SSSR count). The van der Waals surface area contributed by atoms with Crippen molar-refractivity contribution < 1.29 is 4.79 Å². The standard InChI is InChI=1S/C12H27N3O/c1-6-11(13)12(16)15(9-10(2)3)8-7-14(4)5/h10-11H,6-9,13H2,1-5H3/t11-/m0/s1. The number of nitrogens with zero attached hydrogens (tertiary/aromatic N) is 2.